The quantitative estimate of drug-likeness (QED) is 0.684. The van der Waals surface area contributed by atoms with Crippen molar-refractivity contribution in [2.75, 3.05) is 7.11 Å². The van der Waals surface area contributed by atoms with Crippen molar-refractivity contribution in [3.63, 3.8) is 0 Å². The Morgan fingerprint density at radius 1 is 1.40 bits per heavy atom. The van der Waals surface area contributed by atoms with Gasteiger partial charge in [-0.1, -0.05) is 12.1 Å². The number of rotatable bonds is 3. The number of hydrazone groups is 1. The number of nitriles is 1. The van der Waals surface area contributed by atoms with Crippen LogP contribution in [-0.4, -0.2) is 25.1 Å². The van der Waals surface area contributed by atoms with E-state index in [1.807, 2.05) is 6.07 Å². The highest BCUT2D eigenvalue weighted by Gasteiger charge is 2.36. The predicted molar refractivity (Wildman–Crippen MR) is 63.9 cm³/mol. The van der Waals surface area contributed by atoms with Gasteiger partial charge in [0.05, 0.1) is 18.7 Å². The molecule has 1 aromatic carbocycles. The summed E-state index contributed by atoms with van der Waals surface area (Å²) in [5.74, 6) is 0. The molecule has 0 fully saturated rings. The molecule has 0 bridgehead atoms. The highest BCUT2D eigenvalue weighted by Crippen LogP contribution is 2.20. The van der Waals surface area contributed by atoms with Gasteiger partial charge in [-0.05, 0) is 17.7 Å². The second kappa shape index (κ2) is 6.56. The molecule has 0 atom stereocenters. The zero-order valence-corrected chi connectivity index (χ0v) is 10.4. The van der Waals surface area contributed by atoms with E-state index in [9.17, 15) is 18.0 Å². The first kappa shape index (κ1) is 15.5. The van der Waals surface area contributed by atoms with Crippen molar-refractivity contribution >= 4 is 11.8 Å². The van der Waals surface area contributed by atoms with Gasteiger partial charge in [0, 0.05) is 6.42 Å². The second-order valence-corrected chi connectivity index (χ2v) is 3.65. The fourth-order valence-electron chi connectivity index (χ4n) is 1.25. The van der Waals surface area contributed by atoms with Crippen LogP contribution in [0.2, 0.25) is 0 Å². The van der Waals surface area contributed by atoms with Crippen molar-refractivity contribution < 1.29 is 22.7 Å². The van der Waals surface area contributed by atoms with E-state index in [1.54, 1.807) is 5.43 Å². The highest BCUT2D eigenvalue weighted by atomic mass is 19.4. The van der Waals surface area contributed by atoms with Crippen LogP contribution in [0.25, 0.3) is 0 Å². The largest absolute Gasteiger partial charge is 0.452 e. The average molecular weight is 285 g/mol. The minimum Gasteiger partial charge on any atom is -0.452 e. The number of nitrogens with zero attached hydrogens (tertiary/aromatic N) is 2. The van der Waals surface area contributed by atoms with E-state index in [0.717, 1.165) is 7.11 Å². The minimum atomic E-state index is -4.69. The Balaban J connectivity index is 2.90. The van der Waals surface area contributed by atoms with Gasteiger partial charge in [0.2, 0.25) is 0 Å². The summed E-state index contributed by atoms with van der Waals surface area (Å²) in [6.07, 6.45) is -6.31. The zero-order valence-electron chi connectivity index (χ0n) is 10.4. The first-order valence-electron chi connectivity index (χ1n) is 5.33. The number of methoxy groups -OCH3 is 1. The first-order valence-corrected chi connectivity index (χ1v) is 5.33. The van der Waals surface area contributed by atoms with E-state index in [0.29, 0.717) is 11.1 Å². The van der Waals surface area contributed by atoms with Gasteiger partial charge >= 0.3 is 12.3 Å². The van der Waals surface area contributed by atoms with Gasteiger partial charge in [-0.15, -0.1) is 0 Å². The third-order valence-electron chi connectivity index (χ3n) is 2.25. The van der Waals surface area contributed by atoms with Crippen molar-refractivity contribution in [3.8, 4) is 6.07 Å². The second-order valence-electron chi connectivity index (χ2n) is 3.65. The normalized spacial score (nSPS) is 11.7. The monoisotopic (exact) mass is 285 g/mol. The van der Waals surface area contributed by atoms with E-state index in [-0.39, 0.29) is 0 Å². The number of halogens is 3. The van der Waals surface area contributed by atoms with E-state index >= 15 is 0 Å². The molecular weight excluding hydrogens is 275 g/mol. The van der Waals surface area contributed by atoms with E-state index in [4.69, 9.17) is 5.26 Å². The van der Waals surface area contributed by atoms with Crippen LogP contribution in [0, 0.1) is 11.3 Å². The molecule has 0 unspecified atom stereocenters. The summed E-state index contributed by atoms with van der Waals surface area (Å²) in [6, 6.07) is 7.43. The molecule has 106 valence electrons. The Morgan fingerprint density at radius 2 is 2.00 bits per heavy atom. The van der Waals surface area contributed by atoms with Crippen molar-refractivity contribution in [2.45, 2.75) is 12.6 Å². The smallest absolute Gasteiger partial charge is 0.431 e. The van der Waals surface area contributed by atoms with Crippen molar-refractivity contribution in [1.29, 1.82) is 5.26 Å². The molecule has 0 saturated carbocycles. The Morgan fingerprint density at radius 3 is 2.45 bits per heavy atom. The van der Waals surface area contributed by atoms with E-state index in [1.165, 1.54) is 24.3 Å². The minimum absolute atomic E-state index is 0.312. The van der Waals surface area contributed by atoms with Crippen molar-refractivity contribution in [3.05, 3.63) is 35.4 Å². The fourth-order valence-corrected chi connectivity index (χ4v) is 1.25. The molecule has 1 rings (SSSR count). The molecule has 20 heavy (non-hydrogen) atoms. The van der Waals surface area contributed by atoms with Gasteiger partial charge in [0.25, 0.3) is 0 Å². The van der Waals surface area contributed by atoms with Crippen molar-refractivity contribution in [1.82, 2.24) is 5.43 Å². The zero-order chi connectivity index (χ0) is 15.2. The average Bonchev–Trinajstić information content (AvgIpc) is 2.42. The van der Waals surface area contributed by atoms with E-state index in [2.05, 4.69) is 9.84 Å². The summed E-state index contributed by atoms with van der Waals surface area (Å²) < 4.78 is 42.3. The maximum Gasteiger partial charge on any atom is 0.431 e. The number of benzene rings is 1. The number of alkyl halides is 3. The number of nitrogens with one attached hydrogen (secondary N) is 1. The van der Waals surface area contributed by atoms with Crippen LogP contribution >= 0.6 is 0 Å². The summed E-state index contributed by atoms with van der Waals surface area (Å²) in [5.41, 5.74) is 1.11. The summed E-state index contributed by atoms with van der Waals surface area (Å²) in [4.78, 5) is 10.7. The van der Waals surface area contributed by atoms with Gasteiger partial charge < -0.3 is 4.74 Å². The number of hydrogen-bond acceptors (Lipinski definition) is 4. The molecule has 0 heterocycles. The molecule has 1 N–H and O–H groups in total. The third-order valence-corrected chi connectivity index (χ3v) is 2.25. The summed E-state index contributed by atoms with van der Waals surface area (Å²) in [6.45, 7) is 0. The van der Waals surface area contributed by atoms with Crippen molar-refractivity contribution in [2.24, 2.45) is 5.10 Å². The Hall–Kier alpha value is -2.56. The molecule has 8 heteroatoms. The Kier molecular flexibility index (Phi) is 5.08. The molecule has 0 aliphatic carbocycles. The maximum atomic E-state index is 12.7. The molecule has 0 saturated heterocycles. The number of amides is 1. The molecule has 1 aromatic rings. The summed E-state index contributed by atoms with van der Waals surface area (Å²) >= 11 is 0. The number of carbonyl (C=O) groups excluding carboxylic acids is 1. The first-order chi connectivity index (χ1) is 9.36. The lowest BCUT2D eigenvalue weighted by atomic mass is 10.1. The van der Waals surface area contributed by atoms with Crippen LogP contribution in [0.3, 0.4) is 0 Å². The van der Waals surface area contributed by atoms with Crippen LogP contribution in [0.15, 0.2) is 29.4 Å². The van der Waals surface area contributed by atoms with Gasteiger partial charge in [-0.2, -0.15) is 23.5 Å². The van der Waals surface area contributed by atoms with E-state index < -0.39 is 24.4 Å². The topological polar surface area (TPSA) is 74.5 Å². The summed E-state index contributed by atoms with van der Waals surface area (Å²) in [7, 11) is 1.01. The van der Waals surface area contributed by atoms with Gasteiger partial charge in [0.1, 0.15) is 5.71 Å². The van der Waals surface area contributed by atoms with Gasteiger partial charge in [0.15, 0.2) is 0 Å². The standard InChI is InChI=1S/C12H10F3N3O2/c1-20-11(19)18-17-10(12(13,14)15)6-8-2-4-9(7-16)5-3-8/h2-5H,6H2,1H3,(H,18,19)/b17-10-. The maximum absolute atomic E-state index is 12.7. The van der Waals surface area contributed by atoms with Crippen LogP contribution in [0.5, 0.6) is 0 Å². The molecule has 0 aliphatic rings. The number of ether oxygens (including phenoxy) is 1. The fraction of sp³-hybridized carbons (Fsp3) is 0.250. The SMILES string of the molecule is COC(=O)N/N=C(/Cc1ccc(C#N)cc1)C(F)(F)F. The molecule has 1 amide bonds. The van der Waals surface area contributed by atoms with Crippen LogP contribution in [0.4, 0.5) is 18.0 Å². The molecule has 5 nitrogen and oxygen atoms in total. The lowest BCUT2D eigenvalue weighted by molar-refractivity contribution is -0.0604. The van der Waals surface area contributed by atoms with Crippen LogP contribution in [0.1, 0.15) is 11.1 Å². The van der Waals surface area contributed by atoms with Crippen LogP contribution < -0.4 is 5.43 Å². The Labute approximate surface area is 112 Å². The van der Waals surface area contributed by atoms with Gasteiger partial charge in [-0.3, -0.25) is 0 Å². The summed E-state index contributed by atoms with van der Waals surface area (Å²) in [5, 5.41) is 11.6. The molecule has 0 spiro atoms. The lowest BCUT2D eigenvalue weighted by Crippen LogP contribution is -2.29. The Bertz CT molecular complexity index is 545. The third kappa shape index (κ3) is 4.61. The molecule has 0 radical (unpaired) electrons. The molecule has 0 aromatic heterocycles. The van der Waals surface area contributed by atoms with Crippen LogP contribution in [-0.2, 0) is 11.2 Å². The molecule has 0 aliphatic heterocycles. The predicted octanol–water partition coefficient (Wildman–Crippen LogP) is 2.38. The lowest BCUT2D eigenvalue weighted by Gasteiger charge is -2.10. The number of carbonyl (C=O) groups is 1. The molecular formula is C12H10F3N3O2. The van der Waals surface area contributed by atoms with Gasteiger partial charge in [-0.25, -0.2) is 10.2 Å². The number of hydrogen-bond donors (Lipinski definition) is 1. The highest BCUT2D eigenvalue weighted by molar-refractivity contribution is 5.92.